The van der Waals surface area contributed by atoms with Gasteiger partial charge < -0.3 is 9.84 Å². The van der Waals surface area contributed by atoms with Gasteiger partial charge in [0.25, 0.3) is 0 Å². The topological polar surface area (TPSA) is 63.6 Å². The number of carboxylic acids is 1. The third kappa shape index (κ3) is 1.87. The van der Waals surface area contributed by atoms with Crippen molar-refractivity contribution >= 4 is 27.9 Å². The van der Waals surface area contributed by atoms with E-state index in [0.29, 0.717) is 11.1 Å². The lowest BCUT2D eigenvalue weighted by Gasteiger charge is -2.21. The average molecular weight is 271 g/mol. The van der Waals surface area contributed by atoms with Gasteiger partial charge in [-0.1, -0.05) is 15.9 Å². The van der Waals surface area contributed by atoms with Gasteiger partial charge in [-0.15, -0.1) is 0 Å². The van der Waals surface area contributed by atoms with Crippen LogP contribution < -0.4 is 0 Å². The van der Waals surface area contributed by atoms with Crippen molar-refractivity contribution in [3.63, 3.8) is 0 Å². The molecule has 0 aromatic heterocycles. The molecule has 5 heteroatoms. The van der Waals surface area contributed by atoms with Gasteiger partial charge in [0.1, 0.15) is 0 Å². The summed E-state index contributed by atoms with van der Waals surface area (Å²) < 4.78 is 5.58. The molecule has 2 rings (SSSR count). The van der Waals surface area contributed by atoms with E-state index in [0.717, 1.165) is 4.47 Å². The van der Waals surface area contributed by atoms with Gasteiger partial charge in [0.15, 0.2) is 0 Å². The molecule has 0 bridgehead atoms. The Morgan fingerprint density at radius 2 is 2.27 bits per heavy atom. The minimum atomic E-state index is -1.12. The fourth-order valence-electron chi connectivity index (χ4n) is 1.50. The summed E-state index contributed by atoms with van der Waals surface area (Å²) in [6.45, 7) is 0. The summed E-state index contributed by atoms with van der Waals surface area (Å²) in [5.41, 5.74) is 1.14. The molecule has 1 aliphatic heterocycles. The fourth-order valence-corrected chi connectivity index (χ4v) is 1.91. The predicted octanol–water partition coefficient (Wildman–Crippen LogP) is 1.62. The number of hydrogen-bond donors (Lipinski definition) is 1. The largest absolute Gasteiger partial charge is 0.478 e. The second-order valence-corrected chi connectivity index (χ2v) is 4.15. The molecule has 1 N–H and O–H groups in total. The smallest absolute Gasteiger partial charge is 0.345 e. The number of benzene rings is 1. The zero-order chi connectivity index (χ0) is 11.0. The van der Waals surface area contributed by atoms with E-state index in [1.54, 1.807) is 18.2 Å². The van der Waals surface area contributed by atoms with E-state index in [9.17, 15) is 9.59 Å². The van der Waals surface area contributed by atoms with Crippen molar-refractivity contribution < 1.29 is 19.4 Å². The molecule has 0 saturated heterocycles. The van der Waals surface area contributed by atoms with Crippen molar-refractivity contribution in [2.45, 2.75) is 12.5 Å². The zero-order valence-corrected chi connectivity index (χ0v) is 9.15. The Hall–Kier alpha value is -1.36. The second kappa shape index (κ2) is 3.66. The molecule has 1 atom stereocenters. The summed E-state index contributed by atoms with van der Waals surface area (Å²) in [7, 11) is 0. The molecule has 0 spiro atoms. The third-order valence-electron chi connectivity index (χ3n) is 2.22. The lowest BCUT2D eigenvalue weighted by Crippen LogP contribution is -2.34. The molecule has 0 aliphatic carbocycles. The number of carbonyl (C=O) groups excluding carboxylic acids is 1. The van der Waals surface area contributed by atoms with Gasteiger partial charge in [-0.2, -0.15) is 0 Å². The molecule has 1 aromatic carbocycles. The molecule has 1 aromatic rings. The third-order valence-corrected chi connectivity index (χ3v) is 2.71. The lowest BCUT2D eigenvalue weighted by molar-refractivity contribution is -0.147. The maximum Gasteiger partial charge on any atom is 0.345 e. The molecule has 0 fully saturated rings. The quantitative estimate of drug-likeness (QED) is 0.788. The molecule has 0 radical (unpaired) electrons. The number of halogens is 1. The number of fused-ring (bicyclic) bond motifs is 1. The minimum absolute atomic E-state index is 0.218. The monoisotopic (exact) mass is 270 g/mol. The molecule has 0 saturated carbocycles. The Labute approximate surface area is 94.0 Å². The van der Waals surface area contributed by atoms with Crippen LogP contribution in [0, 0.1) is 0 Å². The van der Waals surface area contributed by atoms with Gasteiger partial charge in [0, 0.05) is 10.9 Å². The number of carboxylic acid groups (broad SMARTS) is 1. The Kier molecular flexibility index (Phi) is 2.48. The van der Waals surface area contributed by atoms with Crippen molar-refractivity contribution in [3.8, 4) is 0 Å². The maximum atomic E-state index is 11.4. The van der Waals surface area contributed by atoms with Crippen LogP contribution in [0.1, 0.15) is 15.9 Å². The maximum absolute atomic E-state index is 11.4. The molecular formula is C10H7BrO4. The van der Waals surface area contributed by atoms with E-state index in [-0.39, 0.29) is 6.42 Å². The number of rotatable bonds is 1. The number of cyclic esters (lactones) is 1. The molecule has 1 unspecified atom stereocenters. The Morgan fingerprint density at radius 3 is 2.93 bits per heavy atom. The SMILES string of the molecule is O=C1OC(C(=O)O)Cc2cc(Br)ccc21. The van der Waals surface area contributed by atoms with E-state index in [1.807, 2.05) is 0 Å². The van der Waals surface area contributed by atoms with Crippen LogP contribution in [0.5, 0.6) is 0 Å². The van der Waals surface area contributed by atoms with Gasteiger partial charge >= 0.3 is 11.9 Å². The highest BCUT2D eigenvalue weighted by atomic mass is 79.9. The molecule has 0 amide bonds. The zero-order valence-electron chi connectivity index (χ0n) is 7.57. The molecular weight excluding hydrogens is 264 g/mol. The van der Waals surface area contributed by atoms with Crippen LogP contribution in [0.2, 0.25) is 0 Å². The molecule has 15 heavy (non-hydrogen) atoms. The van der Waals surface area contributed by atoms with Crippen LogP contribution in [-0.2, 0) is 16.0 Å². The number of carbonyl (C=O) groups is 2. The predicted molar refractivity (Wildman–Crippen MR) is 54.7 cm³/mol. The standard InChI is InChI=1S/C10H7BrO4/c11-6-1-2-7-5(3-6)4-8(9(12)13)15-10(7)14/h1-3,8H,4H2,(H,12,13). The first-order valence-corrected chi connectivity index (χ1v) is 5.09. The van der Waals surface area contributed by atoms with Gasteiger partial charge in [0.2, 0.25) is 6.10 Å². The molecule has 78 valence electrons. The summed E-state index contributed by atoms with van der Waals surface area (Å²) in [6.07, 6.45) is -0.852. The highest BCUT2D eigenvalue weighted by Crippen LogP contribution is 2.24. The first-order chi connectivity index (χ1) is 7.08. The van der Waals surface area contributed by atoms with Crippen molar-refractivity contribution in [1.82, 2.24) is 0 Å². The minimum Gasteiger partial charge on any atom is -0.478 e. The van der Waals surface area contributed by atoms with E-state index < -0.39 is 18.0 Å². The second-order valence-electron chi connectivity index (χ2n) is 3.24. The average Bonchev–Trinajstić information content (AvgIpc) is 2.16. The number of ether oxygens (including phenoxy) is 1. The summed E-state index contributed by atoms with van der Waals surface area (Å²) in [6, 6.07) is 5.09. The number of hydrogen-bond acceptors (Lipinski definition) is 3. The Morgan fingerprint density at radius 1 is 1.53 bits per heavy atom. The van der Waals surface area contributed by atoms with E-state index in [1.165, 1.54) is 0 Å². The Balaban J connectivity index is 2.41. The van der Waals surface area contributed by atoms with Crippen LogP contribution in [0.15, 0.2) is 22.7 Å². The summed E-state index contributed by atoms with van der Waals surface area (Å²) in [4.78, 5) is 22.1. The van der Waals surface area contributed by atoms with Crippen LogP contribution in [0.25, 0.3) is 0 Å². The van der Waals surface area contributed by atoms with Gasteiger partial charge in [-0.3, -0.25) is 0 Å². The van der Waals surface area contributed by atoms with Gasteiger partial charge in [0.05, 0.1) is 5.56 Å². The summed E-state index contributed by atoms with van der Waals surface area (Å²) in [5.74, 6) is -1.69. The van der Waals surface area contributed by atoms with Crippen molar-refractivity contribution in [1.29, 1.82) is 0 Å². The first kappa shape index (κ1) is 10.2. The summed E-state index contributed by atoms with van der Waals surface area (Å²) in [5, 5.41) is 8.76. The highest BCUT2D eigenvalue weighted by Gasteiger charge is 2.30. The highest BCUT2D eigenvalue weighted by molar-refractivity contribution is 9.10. The molecule has 1 aliphatic rings. The molecule has 4 nitrogen and oxygen atoms in total. The van der Waals surface area contributed by atoms with E-state index >= 15 is 0 Å². The Bertz CT molecular complexity index is 441. The van der Waals surface area contributed by atoms with E-state index in [4.69, 9.17) is 9.84 Å². The van der Waals surface area contributed by atoms with Gasteiger partial charge in [-0.05, 0) is 23.8 Å². The summed E-state index contributed by atoms with van der Waals surface area (Å²) >= 11 is 3.27. The fraction of sp³-hybridized carbons (Fsp3) is 0.200. The van der Waals surface area contributed by atoms with Crippen molar-refractivity contribution in [2.24, 2.45) is 0 Å². The number of esters is 1. The van der Waals surface area contributed by atoms with Crippen LogP contribution >= 0.6 is 15.9 Å². The van der Waals surface area contributed by atoms with Crippen molar-refractivity contribution in [2.75, 3.05) is 0 Å². The van der Waals surface area contributed by atoms with Crippen LogP contribution in [-0.4, -0.2) is 23.1 Å². The lowest BCUT2D eigenvalue weighted by atomic mass is 9.99. The van der Waals surface area contributed by atoms with Crippen LogP contribution in [0.4, 0.5) is 0 Å². The van der Waals surface area contributed by atoms with Crippen molar-refractivity contribution in [3.05, 3.63) is 33.8 Å². The van der Waals surface area contributed by atoms with Crippen LogP contribution in [0.3, 0.4) is 0 Å². The normalized spacial score (nSPS) is 19.3. The van der Waals surface area contributed by atoms with E-state index in [2.05, 4.69) is 15.9 Å². The first-order valence-electron chi connectivity index (χ1n) is 4.30. The van der Waals surface area contributed by atoms with Gasteiger partial charge in [-0.25, -0.2) is 9.59 Å². The number of aliphatic carboxylic acids is 1. The molecule has 1 heterocycles.